The van der Waals surface area contributed by atoms with Crippen molar-refractivity contribution >= 4 is 41.3 Å². The Balaban J connectivity index is 0.00000192. The standard InChI is InChI=1S/C18H17ClFNS.ClH/c1-21(2)9-5-7-12-13-6-3-4-8-17(13)22-18-11-16(20)15(19)10-14(12)18;/h3-4,6-8,10-11H,5,9H2,1-2H3;1H/b12-7-;. The maximum absolute atomic E-state index is 13.8. The first kappa shape index (κ1) is 18.3. The van der Waals surface area contributed by atoms with Gasteiger partial charge in [0.2, 0.25) is 0 Å². The Morgan fingerprint density at radius 3 is 2.61 bits per heavy atom. The second-order valence-electron chi connectivity index (χ2n) is 5.57. The molecule has 1 nitrogen and oxygen atoms in total. The zero-order chi connectivity index (χ0) is 15.7. The quantitative estimate of drug-likeness (QED) is 0.578. The fourth-order valence-corrected chi connectivity index (χ4v) is 3.83. The third kappa shape index (κ3) is 3.92. The van der Waals surface area contributed by atoms with E-state index in [9.17, 15) is 4.39 Å². The molecule has 2 aromatic rings. The molecule has 2 aromatic carbocycles. The largest absolute Gasteiger partial charge is 0.309 e. The van der Waals surface area contributed by atoms with Gasteiger partial charge < -0.3 is 4.90 Å². The van der Waals surface area contributed by atoms with Gasteiger partial charge in [0.25, 0.3) is 0 Å². The van der Waals surface area contributed by atoms with E-state index in [0.29, 0.717) is 0 Å². The summed E-state index contributed by atoms with van der Waals surface area (Å²) in [4.78, 5) is 4.24. The summed E-state index contributed by atoms with van der Waals surface area (Å²) < 4.78 is 13.8. The van der Waals surface area contributed by atoms with Crippen LogP contribution in [0.25, 0.3) is 5.57 Å². The molecule has 1 aliphatic heterocycles. The van der Waals surface area contributed by atoms with E-state index in [1.165, 1.54) is 11.6 Å². The van der Waals surface area contributed by atoms with Crippen molar-refractivity contribution in [3.05, 3.63) is 64.4 Å². The van der Waals surface area contributed by atoms with Crippen molar-refractivity contribution in [1.82, 2.24) is 4.90 Å². The van der Waals surface area contributed by atoms with Crippen LogP contribution in [0.1, 0.15) is 17.5 Å². The first-order valence-corrected chi connectivity index (χ1v) is 8.37. The second kappa shape index (κ2) is 7.71. The molecule has 0 fully saturated rings. The van der Waals surface area contributed by atoms with Gasteiger partial charge in [-0.1, -0.05) is 47.6 Å². The number of benzene rings is 2. The molecule has 0 saturated heterocycles. The predicted octanol–water partition coefficient (Wildman–Crippen LogP) is 5.75. The molecule has 1 aliphatic rings. The molecule has 0 N–H and O–H groups in total. The first-order valence-electron chi connectivity index (χ1n) is 7.18. The van der Waals surface area contributed by atoms with Crippen LogP contribution in [0.3, 0.4) is 0 Å². The minimum absolute atomic E-state index is 0. The topological polar surface area (TPSA) is 3.24 Å². The lowest BCUT2D eigenvalue weighted by Crippen LogP contribution is -2.12. The molecule has 3 rings (SSSR count). The number of hydrogen-bond acceptors (Lipinski definition) is 2. The number of hydrogen-bond donors (Lipinski definition) is 0. The Labute approximate surface area is 151 Å². The normalized spacial score (nSPS) is 14.4. The van der Waals surface area contributed by atoms with Crippen molar-refractivity contribution < 1.29 is 4.39 Å². The highest BCUT2D eigenvalue weighted by molar-refractivity contribution is 7.99. The fourth-order valence-electron chi connectivity index (χ4n) is 2.55. The SMILES string of the molecule is CN(C)CC/C=C1/c2ccccc2Sc2cc(F)c(Cl)cc21.Cl. The van der Waals surface area contributed by atoms with Gasteiger partial charge in [0.1, 0.15) is 5.82 Å². The van der Waals surface area contributed by atoms with Crippen molar-refractivity contribution in [3.63, 3.8) is 0 Å². The van der Waals surface area contributed by atoms with E-state index in [1.54, 1.807) is 17.8 Å². The molecule has 0 bridgehead atoms. The predicted molar refractivity (Wildman–Crippen MR) is 99.5 cm³/mol. The molecule has 1 heterocycles. The van der Waals surface area contributed by atoms with Gasteiger partial charge in [0.15, 0.2) is 0 Å². The fraction of sp³-hybridized carbons (Fsp3) is 0.222. The molecule has 0 unspecified atom stereocenters. The smallest absolute Gasteiger partial charge is 0.142 e. The third-order valence-corrected chi connectivity index (χ3v) is 5.06. The lowest BCUT2D eigenvalue weighted by molar-refractivity contribution is 0.417. The maximum atomic E-state index is 13.8. The Bertz CT molecular complexity index is 744. The zero-order valence-corrected chi connectivity index (χ0v) is 15.4. The number of rotatable bonds is 3. The molecular weight excluding hydrogens is 352 g/mol. The lowest BCUT2D eigenvalue weighted by atomic mass is 9.96. The van der Waals surface area contributed by atoms with Gasteiger partial charge >= 0.3 is 0 Å². The van der Waals surface area contributed by atoms with Crippen LogP contribution in [-0.4, -0.2) is 25.5 Å². The zero-order valence-electron chi connectivity index (χ0n) is 13.0. The van der Waals surface area contributed by atoms with Crippen LogP contribution in [0.15, 0.2) is 52.3 Å². The average Bonchev–Trinajstić information content (AvgIpc) is 2.48. The number of halogens is 3. The van der Waals surface area contributed by atoms with E-state index in [-0.39, 0.29) is 23.2 Å². The molecule has 0 aliphatic carbocycles. The average molecular weight is 370 g/mol. The van der Waals surface area contributed by atoms with Crippen LogP contribution in [0, 0.1) is 5.82 Å². The van der Waals surface area contributed by atoms with Crippen molar-refractivity contribution in [3.8, 4) is 0 Å². The van der Waals surface area contributed by atoms with E-state index >= 15 is 0 Å². The Hall–Kier alpha value is -1.00. The van der Waals surface area contributed by atoms with Crippen LogP contribution < -0.4 is 0 Å². The maximum Gasteiger partial charge on any atom is 0.142 e. The molecule has 0 aromatic heterocycles. The van der Waals surface area contributed by atoms with Crippen molar-refractivity contribution in [2.45, 2.75) is 16.2 Å². The summed E-state index contributed by atoms with van der Waals surface area (Å²) in [5.41, 5.74) is 3.36. The summed E-state index contributed by atoms with van der Waals surface area (Å²) in [6, 6.07) is 11.5. The molecule has 0 amide bonds. The van der Waals surface area contributed by atoms with E-state index in [0.717, 1.165) is 33.9 Å². The Kier molecular flexibility index (Phi) is 6.15. The molecule has 0 spiro atoms. The van der Waals surface area contributed by atoms with Crippen molar-refractivity contribution in [2.24, 2.45) is 0 Å². The first-order chi connectivity index (χ1) is 10.6. The summed E-state index contributed by atoms with van der Waals surface area (Å²) >= 11 is 7.60. The molecular formula is C18H18Cl2FNS. The van der Waals surface area contributed by atoms with E-state index in [1.807, 2.05) is 12.1 Å². The highest BCUT2D eigenvalue weighted by Crippen LogP contribution is 2.46. The van der Waals surface area contributed by atoms with Crippen LogP contribution in [-0.2, 0) is 0 Å². The molecule has 5 heteroatoms. The second-order valence-corrected chi connectivity index (χ2v) is 7.06. The summed E-state index contributed by atoms with van der Waals surface area (Å²) in [6.45, 7) is 0.975. The molecule has 122 valence electrons. The minimum atomic E-state index is -0.361. The molecule has 23 heavy (non-hydrogen) atoms. The molecule has 0 radical (unpaired) electrons. The van der Waals surface area contributed by atoms with Gasteiger partial charge in [-0.25, -0.2) is 4.39 Å². The van der Waals surface area contributed by atoms with Gasteiger partial charge in [0, 0.05) is 16.3 Å². The van der Waals surface area contributed by atoms with Gasteiger partial charge in [-0.3, -0.25) is 0 Å². The van der Waals surface area contributed by atoms with Crippen molar-refractivity contribution in [1.29, 1.82) is 0 Å². The highest BCUT2D eigenvalue weighted by atomic mass is 35.5. The van der Waals surface area contributed by atoms with Gasteiger partial charge in [0.05, 0.1) is 5.02 Å². The van der Waals surface area contributed by atoms with Crippen molar-refractivity contribution in [2.75, 3.05) is 20.6 Å². The molecule has 0 saturated carbocycles. The van der Waals surface area contributed by atoms with E-state index < -0.39 is 0 Å². The summed E-state index contributed by atoms with van der Waals surface area (Å²) in [6.07, 6.45) is 3.17. The summed E-state index contributed by atoms with van der Waals surface area (Å²) in [7, 11) is 4.12. The highest BCUT2D eigenvalue weighted by Gasteiger charge is 2.22. The number of nitrogens with zero attached hydrogens (tertiary/aromatic N) is 1. The number of fused-ring (bicyclic) bond motifs is 2. The van der Waals surface area contributed by atoms with E-state index in [4.69, 9.17) is 11.6 Å². The van der Waals surface area contributed by atoms with Crippen LogP contribution in [0.5, 0.6) is 0 Å². The van der Waals surface area contributed by atoms with Gasteiger partial charge in [-0.05, 0) is 55.4 Å². The summed E-state index contributed by atoms with van der Waals surface area (Å²) in [5, 5.41) is 0.178. The monoisotopic (exact) mass is 369 g/mol. The summed E-state index contributed by atoms with van der Waals surface area (Å²) in [5.74, 6) is -0.361. The Morgan fingerprint density at radius 2 is 1.87 bits per heavy atom. The molecule has 0 atom stereocenters. The Morgan fingerprint density at radius 1 is 1.13 bits per heavy atom. The van der Waals surface area contributed by atoms with Crippen LogP contribution >= 0.6 is 35.8 Å². The van der Waals surface area contributed by atoms with Crippen LogP contribution in [0.2, 0.25) is 5.02 Å². The minimum Gasteiger partial charge on any atom is -0.309 e. The third-order valence-electron chi connectivity index (χ3n) is 3.63. The van der Waals surface area contributed by atoms with Gasteiger partial charge in [-0.2, -0.15) is 0 Å². The van der Waals surface area contributed by atoms with Gasteiger partial charge in [-0.15, -0.1) is 12.4 Å². The van der Waals surface area contributed by atoms with Crippen LogP contribution in [0.4, 0.5) is 4.39 Å². The lowest BCUT2D eigenvalue weighted by Gasteiger charge is -2.23. The van der Waals surface area contributed by atoms with E-state index in [2.05, 4.69) is 37.2 Å².